The molecule has 1 aliphatic heterocycles. The lowest BCUT2D eigenvalue weighted by molar-refractivity contribution is 0.552. The van der Waals surface area contributed by atoms with Crippen LogP contribution in [0.1, 0.15) is 31.1 Å². The lowest BCUT2D eigenvalue weighted by Crippen LogP contribution is -2.17. The minimum absolute atomic E-state index is 0.802. The van der Waals surface area contributed by atoms with Crippen LogP contribution in [0.15, 0.2) is 16.5 Å². The van der Waals surface area contributed by atoms with Gasteiger partial charge in [-0.05, 0) is 37.5 Å². The monoisotopic (exact) mass is 263 g/mol. The molecule has 18 heavy (non-hydrogen) atoms. The first kappa shape index (κ1) is 11.9. The van der Waals surface area contributed by atoms with Gasteiger partial charge in [-0.1, -0.05) is 18.5 Å². The molecule has 2 nitrogen and oxygen atoms in total. The number of nitrogens with zero attached hydrogens (tertiary/aromatic N) is 1. The highest BCUT2D eigenvalue weighted by atomic mass is 35.5. The highest BCUT2D eigenvalue weighted by Crippen LogP contribution is 2.37. The van der Waals surface area contributed by atoms with E-state index in [2.05, 4.69) is 18.7 Å². The number of aryl methyl sites for hydroxylation is 2. The number of anilines is 1. The minimum Gasteiger partial charge on any atom is -0.459 e. The largest absolute Gasteiger partial charge is 0.459 e. The molecule has 0 radical (unpaired) electrons. The van der Waals surface area contributed by atoms with Gasteiger partial charge in [-0.2, -0.15) is 0 Å². The molecule has 2 heterocycles. The summed E-state index contributed by atoms with van der Waals surface area (Å²) < 4.78 is 6.05. The Morgan fingerprint density at radius 3 is 2.67 bits per heavy atom. The molecular formula is C15H18ClNO. The van der Waals surface area contributed by atoms with Crippen LogP contribution in [0, 0.1) is 6.92 Å². The van der Waals surface area contributed by atoms with Crippen LogP contribution >= 0.6 is 11.6 Å². The number of fused-ring (bicyclic) bond motifs is 1. The first-order valence-electron chi connectivity index (χ1n) is 6.67. The zero-order valence-electron chi connectivity index (χ0n) is 10.9. The van der Waals surface area contributed by atoms with Gasteiger partial charge in [-0.3, -0.25) is 0 Å². The summed E-state index contributed by atoms with van der Waals surface area (Å²) in [6, 6.07) is 4.06. The average Bonchev–Trinajstić information content (AvgIpc) is 2.98. The van der Waals surface area contributed by atoms with E-state index in [0.717, 1.165) is 41.6 Å². The van der Waals surface area contributed by atoms with Crippen molar-refractivity contribution < 1.29 is 4.42 Å². The molecule has 0 N–H and O–H groups in total. The standard InChI is InChI=1S/C15H18ClNO/c1-3-14-10(2)12-8-11(16)9-13(15(12)18-14)17-6-4-5-7-17/h8-9H,3-7H2,1-2H3. The molecule has 0 aliphatic carbocycles. The predicted molar refractivity (Wildman–Crippen MR) is 76.8 cm³/mol. The van der Waals surface area contributed by atoms with E-state index in [1.54, 1.807) is 0 Å². The fourth-order valence-electron chi connectivity index (χ4n) is 2.85. The molecule has 0 amide bonds. The van der Waals surface area contributed by atoms with Crippen molar-refractivity contribution in [2.45, 2.75) is 33.1 Å². The molecule has 1 saturated heterocycles. The lowest BCUT2D eigenvalue weighted by atomic mass is 10.1. The number of furan rings is 1. The summed E-state index contributed by atoms with van der Waals surface area (Å²) in [5.41, 5.74) is 3.41. The normalized spacial score (nSPS) is 15.8. The van der Waals surface area contributed by atoms with E-state index in [4.69, 9.17) is 16.0 Å². The highest BCUT2D eigenvalue weighted by Gasteiger charge is 2.20. The third-order valence-corrected chi connectivity index (χ3v) is 4.07. The highest BCUT2D eigenvalue weighted by molar-refractivity contribution is 6.32. The van der Waals surface area contributed by atoms with Crippen molar-refractivity contribution in [1.29, 1.82) is 0 Å². The van der Waals surface area contributed by atoms with Crippen LogP contribution in [0.3, 0.4) is 0 Å². The molecule has 3 heteroatoms. The summed E-state index contributed by atoms with van der Waals surface area (Å²) in [6.07, 6.45) is 3.44. The van der Waals surface area contributed by atoms with Crippen molar-refractivity contribution in [3.05, 3.63) is 28.5 Å². The van der Waals surface area contributed by atoms with Gasteiger partial charge in [0.15, 0.2) is 5.58 Å². The Labute approximate surface area is 113 Å². The summed E-state index contributed by atoms with van der Waals surface area (Å²) in [5, 5.41) is 1.97. The Morgan fingerprint density at radius 1 is 1.28 bits per heavy atom. The molecule has 0 atom stereocenters. The van der Waals surface area contributed by atoms with Crippen LogP contribution in [0.2, 0.25) is 5.02 Å². The van der Waals surface area contributed by atoms with Crippen LogP contribution in [-0.4, -0.2) is 13.1 Å². The fourth-order valence-corrected chi connectivity index (χ4v) is 3.06. The second kappa shape index (κ2) is 4.51. The number of benzene rings is 1. The molecule has 0 saturated carbocycles. The summed E-state index contributed by atoms with van der Waals surface area (Å²) in [4.78, 5) is 2.39. The zero-order valence-corrected chi connectivity index (χ0v) is 11.7. The van der Waals surface area contributed by atoms with Crippen molar-refractivity contribution >= 4 is 28.3 Å². The Hall–Kier alpha value is -1.15. The van der Waals surface area contributed by atoms with Gasteiger partial charge in [-0.15, -0.1) is 0 Å². The molecule has 96 valence electrons. The van der Waals surface area contributed by atoms with Gasteiger partial charge in [-0.25, -0.2) is 0 Å². The molecule has 0 unspecified atom stereocenters. The van der Waals surface area contributed by atoms with Crippen LogP contribution < -0.4 is 4.90 Å². The SMILES string of the molecule is CCc1oc2c(N3CCCC3)cc(Cl)cc2c1C. The van der Waals surface area contributed by atoms with E-state index in [1.807, 2.05) is 12.1 Å². The molecule has 1 aromatic carbocycles. The maximum absolute atomic E-state index is 6.26. The summed E-state index contributed by atoms with van der Waals surface area (Å²) in [7, 11) is 0. The molecular weight excluding hydrogens is 246 g/mol. The van der Waals surface area contributed by atoms with Crippen LogP contribution in [0.25, 0.3) is 11.0 Å². The number of hydrogen-bond acceptors (Lipinski definition) is 2. The van der Waals surface area contributed by atoms with E-state index >= 15 is 0 Å². The van der Waals surface area contributed by atoms with Crippen molar-refractivity contribution in [3.63, 3.8) is 0 Å². The van der Waals surface area contributed by atoms with Crippen molar-refractivity contribution in [2.75, 3.05) is 18.0 Å². The van der Waals surface area contributed by atoms with E-state index < -0.39 is 0 Å². The summed E-state index contributed by atoms with van der Waals surface area (Å²) in [6.45, 7) is 6.46. The average molecular weight is 264 g/mol. The zero-order chi connectivity index (χ0) is 12.7. The Bertz CT molecular complexity index is 582. The van der Waals surface area contributed by atoms with Gasteiger partial charge in [0.05, 0.1) is 5.69 Å². The third kappa shape index (κ3) is 1.79. The molecule has 0 spiro atoms. The number of rotatable bonds is 2. The maximum atomic E-state index is 6.26. The summed E-state index contributed by atoms with van der Waals surface area (Å²) >= 11 is 6.26. The number of halogens is 1. The number of hydrogen-bond donors (Lipinski definition) is 0. The molecule has 1 aromatic heterocycles. The third-order valence-electron chi connectivity index (χ3n) is 3.85. The van der Waals surface area contributed by atoms with E-state index in [0.29, 0.717) is 0 Å². The molecule has 1 fully saturated rings. The van der Waals surface area contributed by atoms with E-state index in [-0.39, 0.29) is 0 Å². The van der Waals surface area contributed by atoms with Gasteiger partial charge < -0.3 is 9.32 Å². The van der Waals surface area contributed by atoms with Crippen molar-refractivity contribution in [2.24, 2.45) is 0 Å². The van der Waals surface area contributed by atoms with Gasteiger partial charge >= 0.3 is 0 Å². The van der Waals surface area contributed by atoms with Gasteiger partial charge in [0.1, 0.15) is 5.76 Å². The maximum Gasteiger partial charge on any atom is 0.157 e. The van der Waals surface area contributed by atoms with Crippen molar-refractivity contribution in [3.8, 4) is 0 Å². The van der Waals surface area contributed by atoms with Crippen LogP contribution in [0.5, 0.6) is 0 Å². The Kier molecular flexibility index (Phi) is 2.98. The first-order valence-corrected chi connectivity index (χ1v) is 7.05. The second-order valence-corrected chi connectivity index (χ2v) is 5.44. The van der Waals surface area contributed by atoms with Crippen LogP contribution in [-0.2, 0) is 6.42 Å². The lowest BCUT2D eigenvalue weighted by Gasteiger charge is -2.18. The van der Waals surface area contributed by atoms with Crippen LogP contribution in [0.4, 0.5) is 5.69 Å². The van der Waals surface area contributed by atoms with Gasteiger partial charge in [0, 0.05) is 29.9 Å². The second-order valence-electron chi connectivity index (χ2n) is 5.00. The molecule has 1 aliphatic rings. The van der Waals surface area contributed by atoms with E-state index in [1.165, 1.54) is 23.8 Å². The topological polar surface area (TPSA) is 16.4 Å². The predicted octanol–water partition coefficient (Wildman–Crippen LogP) is 4.56. The quantitative estimate of drug-likeness (QED) is 0.790. The molecule has 0 bridgehead atoms. The first-order chi connectivity index (χ1) is 8.70. The van der Waals surface area contributed by atoms with Gasteiger partial charge in [0.25, 0.3) is 0 Å². The minimum atomic E-state index is 0.802. The Morgan fingerprint density at radius 2 is 2.00 bits per heavy atom. The Balaban J connectivity index is 2.23. The van der Waals surface area contributed by atoms with Gasteiger partial charge in [0.2, 0.25) is 0 Å². The molecule has 3 rings (SSSR count). The smallest absolute Gasteiger partial charge is 0.157 e. The van der Waals surface area contributed by atoms with Crippen molar-refractivity contribution in [1.82, 2.24) is 0 Å². The summed E-state index contributed by atoms with van der Waals surface area (Å²) in [5.74, 6) is 1.08. The fraction of sp³-hybridized carbons (Fsp3) is 0.467. The molecule has 2 aromatic rings. The van der Waals surface area contributed by atoms with E-state index in [9.17, 15) is 0 Å².